The van der Waals surface area contributed by atoms with E-state index in [9.17, 15) is 9.18 Å². The normalized spacial score (nSPS) is 10.7. The quantitative estimate of drug-likeness (QED) is 0.798. The van der Waals surface area contributed by atoms with E-state index in [1.54, 1.807) is 0 Å². The van der Waals surface area contributed by atoms with Crippen molar-refractivity contribution >= 4 is 28.7 Å². The molecule has 0 amide bonds. The molecule has 2 aromatic rings. The molecule has 0 atom stereocenters. The van der Waals surface area contributed by atoms with Crippen molar-refractivity contribution in [2.24, 2.45) is 0 Å². The number of rotatable bonds is 3. The number of aromatic nitrogens is 1. The lowest BCUT2D eigenvalue weighted by Crippen LogP contribution is -2.05. The average molecular weight is 284 g/mol. The summed E-state index contributed by atoms with van der Waals surface area (Å²) in [6.07, 6.45) is 0.123. The maximum atomic E-state index is 13.6. The second-order valence-corrected chi connectivity index (χ2v) is 5.70. The summed E-state index contributed by atoms with van der Waals surface area (Å²) in [5.74, 6) is -0.865. The fraction of sp³-hybridized carbons (Fsp3) is 0.231. The maximum Gasteiger partial charge on any atom is 0.172 e. The molecule has 1 aromatic carbocycles. The summed E-state index contributed by atoms with van der Waals surface area (Å²) in [6.45, 7) is 3.84. The zero-order valence-corrected chi connectivity index (χ0v) is 11.5. The van der Waals surface area contributed by atoms with Gasteiger partial charge in [0, 0.05) is 9.90 Å². The fourth-order valence-electron chi connectivity index (χ4n) is 1.56. The Balaban J connectivity index is 2.22. The van der Waals surface area contributed by atoms with Crippen molar-refractivity contribution in [3.05, 3.63) is 50.2 Å². The molecule has 18 heavy (non-hydrogen) atoms. The molecule has 5 heteroatoms. The summed E-state index contributed by atoms with van der Waals surface area (Å²) in [4.78, 5) is 17.3. The van der Waals surface area contributed by atoms with Crippen molar-refractivity contribution in [3.63, 3.8) is 0 Å². The van der Waals surface area contributed by atoms with Crippen molar-refractivity contribution < 1.29 is 9.18 Å². The van der Waals surface area contributed by atoms with Gasteiger partial charge in [0.2, 0.25) is 0 Å². The molecule has 0 N–H and O–H groups in total. The smallest absolute Gasteiger partial charge is 0.172 e. The minimum absolute atomic E-state index is 0.0601. The number of hydrogen-bond acceptors (Lipinski definition) is 3. The van der Waals surface area contributed by atoms with E-state index < -0.39 is 5.82 Å². The molecule has 1 aromatic heterocycles. The summed E-state index contributed by atoms with van der Waals surface area (Å²) in [5, 5.41) is 0.995. The van der Waals surface area contributed by atoms with Crippen LogP contribution in [0.2, 0.25) is 5.02 Å². The van der Waals surface area contributed by atoms with Crippen molar-refractivity contribution in [1.29, 1.82) is 0 Å². The van der Waals surface area contributed by atoms with E-state index in [4.69, 9.17) is 11.6 Å². The number of ketones is 1. The van der Waals surface area contributed by atoms with E-state index in [1.165, 1.54) is 23.5 Å². The number of hydrogen-bond donors (Lipinski definition) is 0. The molecule has 94 valence electrons. The largest absolute Gasteiger partial charge is 0.294 e. The summed E-state index contributed by atoms with van der Waals surface area (Å²) < 4.78 is 13.6. The Morgan fingerprint density at radius 3 is 2.72 bits per heavy atom. The van der Waals surface area contributed by atoms with Gasteiger partial charge >= 0.3 is 0 Å². The van der Waals surface area contributed by atoms with Gasteiger partial charge in [0.1, 0.15) is 10.8 Å². The predicted octanol–water partition coefficient (Wildman–Crippen LogP) is 3.98. The van der Waals surface area contributed by atoms with E-state index in [0.29, 0.717) is 5.01 Å². The first-order valence-corrected chi connectivity index (χ1v) is 6.58. The molecule has 2 nitrogen and oxygen atoms in total. The van der Waals surface area contributed by atoms with Gasteiger partial charge in [0.15, 0.2) is 5.78 Å². The third-order valence-corrected chi connectivity index (χ3v) is 3.92. The van der Waals surface area contributed by atoms with Crippen LogP contribution in [0.3, 0.4) is 0 Å². The first kappa shape index (κ1) is 13.2. The van der Waals surface area contributed by atoms with E-state index in [-0.39, 0.29) is 22.8 Å². The second-order valence-electron chi connectivity index (χ2n) is 3.97. The van der Waals surface area contributed by atoms with Gasteiger partial charge < -0.3 is 0 Å². The molecule has 2 rings (SSSR count). The van der Waals surface area contributed by atoms with Gasteiger partial charge in [-0.15, -0.1) is 11.3 Å². The number of nitrogens with zero attached hydrogens (tertiary/aromatic N) is 1. The monoisotopic (exact) mass is 283 g/mol. The lowest BCUT2D eigenvalue weighted by atomic mass is 10.1. The van der Waals surface area contributed by atoms with Crippen LogP contribution in [-0.2, 0) is 6.42 Å². The fourth-order valence-corrected chi connectivity index (χ4v) is 2.65. The molecule has 0 unspecified atom stereocenters. The third-order valence-electron chi connectivity index (χ3n) is 2.62. The number of carbonyl (C=O) groups excluding carboxylic acids is 1. The van der Waals surface area contributed by atoms with Crippen molar-refractivity contribution in [2.45, 2.75) is 20.3 Å². The van der Waals surface area contributed by atoms with Crippen molar-refractivity contribution in [2.75, 3.05) is 0 Å². The van der Waals surface area contributed by atoms with E-state index in [1.807, 2.05) is 13.8 Å². The SMILES string of the molecule is Cc1nc(CC(=O)c2ccc(Cl)cc2F)sc1C. The van der Waals surface area contributed by atoms with Gasteiger partial charge in [0.25, 0.3) is 0 Å². The Morgan fingerprint density at radius 1 is 1.44 bits per heavy atom. The van der Waals surface area contributed by atoms with E-state index in [0.717, 1.165) is 16.6 Å². The van der Waals surface area contributed by atoms with Crippen LogP contribution < -0.4 is 0 Å². The molecular weight excluding hydrogens is 273 g/mol. The number of halogens is 2. The number of aryl methyl sites for hydroxylation is 2. The zero-order valence-electron chi connectivity index (χ0n) is 9.96. The third kappa shape index (κ3) is 2.76. The van der Waals surface area contributed by atoms with Crippen LogP contribution in [0.15, 0.2) is 18.2 Å². The molecule has 0 aliphatic rings. The topological polar surface area (TPSA) is 30.0 Å². The van der Waals surface area contributed by atoms with Gasteiger partial charge in [-0.2, -0.15) is 0 Å². The Bertz CT molecular complexity index is 590. The van der Waals surface area contributed by atoms with Crippen LogP contribution in [0.4, 0.5) is 4.39 Å². The van der Waals surface area contributed by atoms with Gasteiger partial charge in [0.05, 0.1) is 17.7 Å². The molecule has 0 saturated heterocycles. The maximum absolute atomic E-state index is 13.6. The number of carbonyl (C=O) groups is 1. The Kier molecular flexibility index (Phi) is 3.78. The molecule has 0 aliphatic heterocycles. The molecule has 0 bridgehead atoms. The first-order chi connectivity index (χ1) is 8.47. The minimum atomic E-state index is -0.586. The van der Waals surface area contributed by atoms with Crippen LogP contribution in [0.25, 0.3) is 0 Å². The van der Waals surface area contributed by atoms with Crippen molar-refractivity contribution in [1.82, 2.24) is 4.98 Å². The van der Waals surface area contributed by atoms with Gasteiger partial charge in [-0.25, -0.2) is 9.37 Å². The summed E-state index contributed by atoms with van der Waals surface area (Å²) in [7, 11) is 0. The Labute approximate surface area is 113 Å². The summed E-state index contributed by atoms with van der Waals surface area (Å²) >= 11 is 7.11. The Morgan fingerprint density at radius 2 is 2.17 bits per heavy atom. The van der Waals surface area contributed by atoms with E-state index >= 15 is 0 Å². The first-order valence-electron chi connectivity index (χ1n) is 5.38. The zero-order chi connectivity index (χ0) is 13.3. The number of thiazole rings is 1. The lowest BCUT2D eigenvalue weighted by Gasteiger charge is -2.01. The minimum Gasteiger partial charge on any atom is -0.294 e. The van der Waals surface area contributed by atoms with E-state index in [2.05, 4.69) is 4.98 Å². The highest BCUT2D eigenvalue weighted by Gasteiger charge is 2.15. The highest BCUT2D eigenvalue weighted by Crippen LogP contribution is 2.20. The molecule has 1 heterocycles. The van der Waals surface area contributed by atoms with Crippen LogP contribution in [0.1, 0.15) is 25.9 Å². The predicted molar refractivity (Wildman–Crippen MR) is 71.0 cm³/mol. The van der Waals surface area contributed by atoms with Crippen LogP contribution in [-0.4, -0.2) is 10.8 Å². The molecule has 0 radical (unpaired) electrons. The summed E-state index contributed by atoms with van der Waals surface area (Å²) in [6, 6.07) is 4.07. The van der Waals surface area contributed by atoms with Gasteiger partial charge in [-0.3, -0.25) is 4.79 Å². The van der Waals surface area contributed by atoms with Crippen molar-refractivity contribution in [3.8, 4) is 0 Å². The molecular formula is C13H11ClFNOS. The molecule has 0 spiro atoms. The Hall–Kier alpha value is -1.26. The van der Waals surface area contributed by atoms with Gasteiger partial charge in [-0.1, -0.05) is 11.6 Å². The summed E-state index contributed by atoms with van der Waals surface area (Å²) in [5.41, 5.74) is 0.976. The standard InChI is InChI=1S/C13H11ClFNOS/c1-7-8(2)18-13(16-7)6-12(17)10-4-3-9(14)5-11(10)15/h3-5H,6H2,1-2H3. The molecule has 0 aliphatic carbocycles. The average Bonchev–Trinajstić information content (AvgIpc) is 2.57. The number of benzene rings is 1. The second kappa shape index (κ2) is 5.16. The molecule has 0 fully saturated rings. The van der Waals surface area contributed by atoms with Crippen LogP contribution in [0.5, 0.6) is 0 Å². The van der Waals surface area contributed by atoms with Crippen LogP contribution in [0, 0.1) is 19.7 Å². The number of Topliss-reactive ketones (excluding diaryl/α,β-unsaturated/α-hetero) is 1. The highest BCUT2D eigenvalue weighted by atomic mass is 35.5. The lowest BCUT2D eigenvalue weighted by molar-refractivity contribution is 0.0989. The molecule has 0 saturated carbocycles. The van der Waals surface area contributed by atoms with Gasteiger partial charge in [-0.05, 0) is 32.0 Å². The highest BCUT2D eigenvalue weighted by molar-refractivity contribution is 7.11. The van der Waals surface area contributed by atoms with Crippen LogP contribution >= 0.6 is 22.9 Å².